The Morgan fingerprint density at radius 3 is 3.00 bits per heavy atom. The van der Waals surface area contributed by atoms with Crippen molar-refractivity contribution in [3.63, 3.8) is 0 Å². The Morgan fingerprint density at radius 1 is 1.58 bits per heavy atom. The number of nitrogens with zero attached hydrogens (tertiary/aromatic N) is 2. The summed E-state index contributed by atoms with van der Waals surface area (Å²) in [7, 11) is 1.48. The number of carbonyl (C=O) groups is 1. The van der Waals surface area contributed by atoms with Gasteiger partial charge >= 0.3 is 0 Å². The molecule has 2 aromatic rings. The Morgan fingerprint density at radius 2 is 2.32 bits per heavy atom. The number of hydrogen-bond donors (Lipinski definition) is 3. The normalized spacial score (nSPS) is 12.5. The molecule has 0 saturated heterocycles. The van der Waals surface area contributed by atoms with Crippen LogP contribution in [0.25, 0.3) is 10.3 Å². The van der Waals surface area contributed by atoms with E-state index in [1.54, 1.807) is 6.20 Å². The molecule has 0 radical (unpaired) electrons. The molecule has 0 aliphatic heterocycles. The summed E-state index contributed by atoms with van der Waals surface area (Å²) >= 11 is 1.17. The van der Waals surface area contributed by atoms with Gasteiger partial charge in [0.15, 0.2) is 0 Å². The highest BCUT2D eigenvalue weighted by Crippen LogP contribution is 2.30. The smallest absolute Gasteiger partial charge is 0.263 e. The van der Waals surface area contributed by atoms with Gasteiger partial charge < -0.3 is 20.9 Å². The number of nitrogens with one attached hydrogen (secondary N) is 1. The Balaban J connectivity index is 2.11. The van der Waals surface area contributed by atoms with Crippen LogP contribution in [0.15, 0.2) is 12.4 Å². The molecule has 1 atom stereocenters. The lowest BCUT2D eigenvalue weighted by molar-refractivity contribution is 0.0611. The van der Waals surface area contributed by atoms with Gasteiger partial charge in [-0.2, -0.15) is 0 Å². The molecular weight excluding hydrogens is 268 g/mol. The molecule has 8 heteroatoms. The van der Waals surface area contributed by atoms with E-state index in [-0.39, 0.29) is 19.1 Å². The third-order valence-corrected chi connectivity index (χ3v) is 3.53. The predicted molar refractivity (Wildman–Crippen MR) is 72.0 cm³/mol. The first-order valence-corrected chi connectivity index (χ1v) is 6.39. The van der Waals surface area contributed by atoms with Crippen molar-refractivity contribution in [2.75, 3.05) is 26.0 Å². The number of carbonyl (C=O) groups excluding carboxylic acids is 1. The number of aliphatic hydroxyl groups excluding tert-OH is 1. The fraction of sp³-hybridized carbons (Fsp3) is 0.364. The van der Waals surface area contributed by atoms with Crippen molar-refractivity contribution in [1.82, 2.24) is 15.3 Å². The molecule has 0 aliphatic carbocycles. The number of aromatic nitrogens is 2. The van der Waals surface area contributed by atoms with Crippen molar-refractivity contribution in [3.05, 3.63) is 17.3 Å². The van der Waals surface area contributed by atoms with Gasteiger partial charge in [-0.25, -0.2) is 9.97 Å². The lowest BCUT2D eigenvalue weighted by atomic mass is 10.3. The Bertz CT molecular complexity index is 586. The minimum absolute atomic E-state index is 0.0984. The largest absolute Gasteiger partial charge is 0.396 e. The van der Waals surface area contributed by atoms with Gasteiger partial charge in [0.1, 0.15) is 15.2 Å². The number of anilines is 1. The molecular formula is C11H14N4O3S. The molecule has 7 nitrogen and oxygen atoms in total. The number of thiophene rings is 1. The van der Waals surface area contributed by atoms with Gasteiger partial charge in [0, 0.05) is 26.0 Å². The van der Waals surface area contributed by atoms with Crippen LogP contribution in [0, 0.1) is 0 Å². The summed E-state index contributed by atoms with van der Waals surface area (Å²) < 4.78 is 4.77. The van der Waals surface area contributed by atoms with Crippen LogP contribution in [0.3, 0.4) is 0 Å². The number of hydrogen-bond acceptors (Lipinski definition) is 7. The number of nitrogen functional groups attached to an aromatic ring is 1. The van der Waals surface area contributed by atoms with Gasteiger partial charge in [-0.15, -0.1) is 11.3 Å². The van der Waals surface area contributed by atoms with E-state index in [2.05, 4.69) is 15.3 Å². The van der Waals surface area contributed by atoms with E-state index < -0.39 is 6.10 Å². The third kappa shape index (κ3) is 2.98. The molecule has 0 aliphatic rings. The van der Waals surface area contributed by atoms with Crippen LogP contribution in [0.1, 0.15) is 9.67 Å². The molecule has 2 heterocycles. The molecule has 1 unspecified atom stereocenters. The molecule has 4 N–H and O–H groups in total. The maximum Gasteiger partial charge on any atom is 0.263 e. The van der Waals surface area contributed by atoms with Crippen molar-refractivity contribution in [1.29, 1.82) is 0 Å². The monoisotopic (exact) mass is 282 g/mol. The van der Waals surface area contributed by atoms with Crippen LogP contribution in [-0.2, 0) is 4.74 Å². The molecule has 2 aromatic heterocycles. The molecule has 0 spiro atoms. The summed E-state index contributed by atoms with van der Waals surface area (Å²) in [5.41, 5.74) is 6.70. The maximum absolute atomic E-state index is 12.0. The topological polar surface area (TPSA) is 110 Å². The van der Waals surface area contributed by atoms with Crippen molar-refractivity contribution in [2.24, 2.45) is 0 Å². The first kappa shape index (κ1) is 13.7. The van der Waals surface area contributed by atoms with E-state index in [1.807, 2.05) is 0 Å². The van der Waals surface area contributed by atoms with Crippen LogP contribution in [-0.4, -0.2) is 47.3 Å². The Kier molecular flexibility index (Phi) is 4.25. The molecule has 0 saturated carbocycles. The summed E-state index contributed by atoms with van der Waals surface area (Å²) in [4.78, 5) is 21.1. The second kappa shape index (κ2) is 5.91. The molecule has 19 heavy (non-hydrogen) atoms. The van der Waals surface area contributed by atoms with E-state index in [1.165, 1.54) is 24.6 Å². The quantitative estimate of drug-likeness (QED) is 0.712. The second-order valence-electron chi connectivity index (χ2n) is 3.87. The fourth-order valence-corrected chi connectivity index (χ4v) is 2.49. The zero-order valence-corrected chi connectivity index (χ0v) is 11.1. The first-order chi connectivity index (χ1) is 9.13. The number of amides is 1. The highest BCUT2D eigenvalue weighted by atomic mass is 32.1. The number of ether oxygens (including phenoxy) is 1. The predicted octanol–water partition coefficient (Wildman–Crippen LogP) is 0.0106. The van der Waals surface area contributed by atoms with E-state index >= 15 is 0 Å². The van der Waals surface area contributed by atoms with Crippen molar-refractivity contribution in [3.8, 4) is 0 Å². The van der Waals surface area contributed by atoms with Crippen molar-refractivity contribution in [2.45, 2.75) is 6.10 Å². The lowest BCUT2D eigenvalue weighted by Gasteiger charge is -2.10. The minimum atomic E-state index is -0.749. The molecule has 2 rings (SSSR count). The summed E-state index contributed by atoms with van der Waals surface area (Å²) in [5.74, 6) is -0.350. The molecule has 1 amide bonds. The van der Waals surface area contributed by atoms with Gasteiger partial charge in [-0.05, 0) is 0 Å². The van der Waals surface area contributed by atoms with Crippen LogP contribution < -0.4 is 11.1 Å². The Labute approximate surface area is 113 Å². The summed E-state index contributed by atoms with van der Waals surface area (Å²) in [5, 5.41) is 12.1. The van der Waals surface area contributed by atoms with Gasteiger partial charge in [-0.1, -0.05) is 0 Å². The number of fused-ring (bicyclic) bond motifs is 1. The standard InChI is InChI=1S/C11H14N4O3S/c1-18-5-6(16)4-15-10(17)9-7(12)8-11(19-9)14-3-2-13-8/h2-3,6,16H,4-5,12H2,1H3,(H,15,17). The van der Waals surface area contributed by atoms with E-state index in [0.717, 1.165) is 0 Å². The summed E-state index contributed by atoms with van der Waals surface area (Å²) in [6, 6.07) is 0. The summed E-state index contributed by atoms with van der Waals surface area (Å²) in [6.07, 6.45) is 2.32. The van der Waals surface area contributed by atoms with Crippen molar-refractivity contribution < 1.29 is 14.6 Å². The number of nitrogens with two attached hydrogens (primary N) is 1. The fourth-order valence-electron chi connectivity index (χ4n) is 1.55. The zero-order valence-electron chi connectivity index (χ0n) is 10.3. The van der Waals surface area contributed by atoms with Gasteiger partial charge in [0.05, 0.1) is 18.4 Å². The van der Waals surface area contributed by atoms with Gasteiger partial charge in [0.25, 0.3) is 5.91 Å². The SMILES string of the molecule is COCC(O)CNC(=O)c1sc2nccnc2c1N. The zero-order chi connectivity index (χ0) is 13.8. The third-order valence-electron chi connectivity index (χ3n) is 2.43. The highest BCUT2D eigenvalue weighted by molar-refractivity contribution is 7.21. The van der Waals surface area contributed by atoms with E-state index in [0.29, 0.717) is 20.9 Å². The average Bonchev–Trinajstić information content (AvgIpc) is 2.74. The van der Waals surface area contributed by atoms with Gasteiger partial charge in [-0.3, -0.25) is 4.79 Å². The van der Waals surface area contributed by atoms with Crippen LogP contribution in [0.2, 0.25) is 0 Å². The highest BCUT2D eigenvalue weighted by Gasteiger charge is 2.18. The Hall–Kier alpha value is -1.77. The minimum Gasteiger partial charge on any atom is -0.396 e. The maximum atomic E-state index is 12.0. The van der Waals surface area contributed by atoms with Crippen LogP contribution in [0.4, 0.5) is 5.69 Å². The molecule has 0 aromatic carbocycles. The van der Waals surface area contributed by atoms with E-state index in [4.69, 9.17) is 10.5 Å². The second-order valence-corrected chi connectivity index (χ2v) is 4.87. The summed E-state index contributed by atoms with van der Waals surface area (Å²) in [6.45, 7) is 0.256. The number of methoxy groups -OCH3 is 1. The molecule has 0 fully saturated rings. The average molecular weight is 282 g/mol. The number of rotatable bonds is 5. The van der Waals surface area contributed by atoms with Crippen molar-refractivity contribution >= 4 is 33.3 Å². The first-order valence-electron chi connectivity index (χ1n) is 5.57. The van der Waals surface area contributed by atoms with Crippen LogP contribution in [0.5, 0.6) is 0 Å². The molecule has 102 valence electrons. The van der Waals surface area contributed by atoms with Crippen LogP contribution >= 0.6 is 11.3 Å². The molecule has 0 bridgehead atoms. The van der Waals surface area contributed by atoms with Gasteiger partial charge in [0.2, 0.25) is 0 Å². The lowest BCUT2D eigenvalue weighted by Crippen LogP contribution is -2.34. The number of aliphatic hydroxyl groups is 1. The van der Waals surface area contributed by atoms with E-state index in [9.17, 15) is 9.90 Å².